The van der Waals surface area contributed by atoms with Crippen molar-refractivity contribution in [2.45, 2.75) is 6.04 Å². The number of amides is 2. The number of carbonyl (C=O) groups is 2. The molecule has 3 aromatic rings. The van der Waals surface area contributed by atoms with E-state index in [1.165, 1.54) is 0 Å². The van der Waals surface area contributed by atoms with Crippen molar-refractivity contribution in [3.8, 4) is 0 Å². The molecule has 0 aliphatic carbocycles. The number of hydrogen-bond donors (Lipinski definition) is 2. The first-order chi connectivity index (χ1) is 12.6. The molecule has 0 aliphatic heterocycles. The average molecular weight is 409 g/mol. The molecular formula is C21H17BrN2O2. The molecule has 5 heteroatoms. The van der Waals surface area contributed by atoms with Crippen LogP contribution in [0.2, 0.25) is 0 Å². The van der Waals surface area contributed by atoms with Crippen LogP contribution in [0.5, 0.6) is 0 Å². The fourth-order valence-corrected chi connectivity index (χ4v) is 3.00. The van der Waals surface area contributed by atoms with Crippen LogP contribution in [0.4, 0.5) is 5.69 Å². The lowest BCUT2D eigenvalue weighted by Crippen LogP contribution is -2.38. The van der Waals surface area contributed by atoms with Gasteiger partial charge in [0, 0.05) is 10.2 Å². The smallest absolute Gasteiger partial charge is 0.313 e. The minimum atomic E-state index is -0.708. The van der Waals surface area contributed by atoms with Gasteiger partial charge in [-0.1, -0.05) is 82.7 Å². The van der Waals surface area contributed by atoms with Crippen molar-refractivity contribution in [2.24, 2.45) is 0 Å². The van der Waals surface area contributed by atoms with Crippen LogP contribution >= 0.6 is 15.9 Å². The van der Waals surface area contributed by atoms with E-state index >= 15 is 0 Å². The first-order valence-electron chi connectivity index (χ1n) is 8.11. The topological polar surface area (TPSA) is 58.2 Å². The van der Waals surface area contributed by atoms with Crippen molar-refractivity contribution < 1.29 is 9.59 Å². The van der Waals surface area contributed by atoms with Crippen LogP contribution in [0.15, 0.2) is 89.4 Å². The molecule has 0 saturated carbocycles. The monoisotopic (exact) mass is 408 g/mol. The van der Waals surface area contributed by atoms with Gasteiger partial charge in [0.05, 0.1) is 6.04 Å². The molecular weight excluding hydrogens is 392 g/mol. The Hall–Kier alpha value is -2.92. The molecule has 0 unspecified atom stereocenters. The molecule has 0 radical (unpaired) electrons. The molecule has 2 amide bonds. The van der Waals surface area contributed by atoms with Crippen molar-refractivity contribution in [1.29, 1.82) is 0 Å². The second kappa shape index (κ2) is 8.45. The Bertz CT molecular complexity index is 859. The molecule has 0 atom stereocenters. The van der Waals surface area contributed by atoms with E-state index in [1.54, 1.807) is 18.2 Å². The maximum absolute atomic E-state index is 12.5. The molecule has 0 aromatic heterocycles. The highest BCUT2D eigenvalue weighted by atomic mass is 79.9. The molecule has 3 aromatic carbocycles. The highest BCUT2D eigenvalue weighted by Gasteiger charge is 2.21. The van der Waals surface area contributed by atoms with Gasteiger partial charge in [-0.2, -0.15) is 0 Å². The van der Waals surface area contributed by atoms with Gasteiger partial charge in [-0.15, -0.1) is 0 Å². The SMILES string of the molecule is O=C(Nc1cccc(Br)c1)C(=O)NC(c1ccccc1)c1ccccc1. The molecule has 130 valence electrons. The van der Waals surface area contributed by atoms with Crippen LogP contribution in [0.25, 0.3) is 0 Å². The van der Waals surface area contributed by atoms with Crippen LogP contribution in [0.3, 0.4) is 0 Å². The Morgan fingerprint density at radius 2 is 1.31 bits per heavy atom. The summed E-state index contributed by atoms with van der Waals surface area (Å²) in [6.07, 6.45) is 0. The van der Waals surface area contributed by atoms with Crippen molar-refractivity contribution in [3.63, 3.8) is 0 Å². The lowest BCUT2D eigenvalue weighted by molar-refractivity contribution is -0.136. The van der Waals surface area contributed by atoms with Crippen LogP contribution in [0.1, 0.15) is 17.2 Å². The summed E-state index contributed by atoms with van der Waals surface area (Å²) in [6.45, 7) is 0. The van der Waals surface area contributed by atoms with Gasteiger partial charge in [-0.25, -0.2) is 0 Å². The molecule has 4 nitrogen and oxygen atoms in total. The van der Waals surface area contributed by atoms with E-state index in [4.69, 9.17) is 0 Å². The summed E-state index contributed by atoms with van der Waals surface area (Å²) < 4.78 is 0.821. The summed E-state index contributed by atoms with van der Waals surface area (Å²) in [6, 6.07) is 25.8. The van der Waals surface area contributed by atoms with E-state index in [-0.39, 0.29) is 0 Å². The largest absolute Gasteiger partial charge is 0.337 e. The first-order valence-corrected chi connectivity index (χ1v) is 8.90. The number of rotatable bonds is 4. The number of benzene rings is 3. The molecule has 0 saturated heterocycles. The number of carbonyl (C=O) groups excluding carboxylic acids is 2. The van der Waals surface area contributed by atoms with E-state index in [2.05, 4.69) is 26.6 Å². The zero-order chi connectivity index (χ0) is 18.4. The summed E-state index contributed by atoms with van der Waals surface area (Å²) in [4.78, 5) is 24.7. The standard InChI is InChI=1S/C21H17BrN2O2/c22-17-12-7-13-18(14-17)23-20(25)21(26)24-19(15-8-3-1-4-9-15)16-10-5-2-6-11-16/h1-14,19H,(H,23,25)(H,24,26). The maximum atomic E-state index is 12.5. The van der Waals surface area contributed by atoms with Crippen molar-refractivity contribution in [3.05, 3.63) is 101 Å². The van der Waals surface area contributed by atoms with E-state index in [0.717, 1.165) is 15.6 Å². The van der Waals surface area contributed by atoms with Gasteiger partial charge < -0.3 is 10.6 Å². The minimum Gasteiger partial charge on any atom is -0.337 e. The lowest BCUT2D eigenvalue weighted by Gasteiger charge is -2.19. The molecule has 2 N–H and O–H groups in total. The predicted molar refractivity (Wildman–Crippen MR) is 106 cm³/mol. The molecule has 0 bridgehead atoms. The van der Waals surface area contributed by atoms with Gasteiger partial charge in [-0.05, 0) is 29.3 Å². The van der Waals surface area contributed by atoms with E-state index in [1.807, 2.05) is 66.7 Å². The Balaban J connectivity index is 1.78. The van der Waals surface area contributed by atoms with Crippen LogP contribution < -0.4 is 10.6 Å². The van der Waals surface area contributed by atoms with E-state index in [0.29, 0.717) is 5.69 Å². The first kappa shape index (κ1) is 17.9. The summed E-state index contributed by atoms with van der Waals surface area (Å²) >= 11 is 3.34. The van der Waals surface area contributed by atoms with E-state index in [9.17, 15) is 9.59 Å². The van der Waals surface area contributed by atoms with Gasteiger partial charge in [0.15, 0.2) is 0 Å². The Morgan fingerprint density at radius 1 is 0.731 bits per heavy atom. The quantitative estimate of drug-likeness (QED) is 0.632. The van der Waals surface area contributed by atoms with Gasteiger partial charge in [-0.3, -0.25) is 9.59 Å². The average Bonchev–Trinajstić information content (AvgIpc) is 2.67. The predicted octanol–water partition coefficient (Wildman–Crippen LogP) is 4.29. The van der Waals surface area contributed by atoms with Gasteiger partial charge in [0.1, 0.15) is 0 Å². The molecule has 26 heavy (non-hydrogen) atoms. The summed E-state index contributed by atoms with van der Waals surface area (Å²) in [5, 5.41) is 5.43. The normalized spacial score (nSPS) is 10.4. The van der Waals surface area contributed by atoms with Crippen molar-refractivity contribution >= 4 is 33.4 Å². The Morgan fingerprint density at radius 3 is 1.85 bits per heavy atom. The number of hydrogen-bond acceptors (Lipinski definition) is 2. The minimum absolute atomic E-state index is 0.404. The zero-order valence-corrected chi connectivity index (χ0v) is 15.4. The Kier molecular flexibility index (Phi) is 5.81. The highest BCUT2D eigenvalue weighted by Crippen LogP contribution is 2.22. The van der Waals surface area contributed by atoms with Crippen molar-refractivity contribution in [2.75, 3.05) is 5.32 Å². The summed E-state index contributed by atoms with van der Waals surface area (Å²) in [5.41, 5.74) is 2.36. The summed E-state index contributed by atoms with van der Waals surface area (Å²) in [7, 11) is 0. The molecule has 3 rings (SSSR count). The molecule has 0 spiro atoms. The molecule has 0 heterocycles. The van der Waals surface area contributed by atoms with E-state index < -0.39 is 17.9 Å². The second-order valence-electron chi connectivity index (χ2n) is 5.69. The number of nitrogens with one attached hydrogen (secondary N) is 2. The third-order valence-corrected chi connectivity index (χ3v) is 4.32. The van der Waals surface area contributed by atoms with Gasteiger partial charge in [0.25, 0.3) is 0 Å². The van der Waals surface area contributed by atoms with Crippen LogP contribution in [-0.4, -0.2) is 11.8 Å². The van der Waals surface area contributed by atoms with Crippen LogP contribution in [-0.2, 0) is 9.59 Å². The third kappa shape index (κ3) is 4.58. The number of halogens is 1. The van der Waals surface area contributed by atoms with Crippen LogP contribution in [0, 0.1) is 0 Å². The van der Waals surface area contributed by atoms with Gasteiger partial charge >= 0.3 is 11.8 Å². The van der Waals surface area contributed by atoms with Gasteiger partial charge in [0.2, 0.25) is 0 Å². The summed E-state index contributed by atoms with van der Waals surface area (Å²) in [5.74, 6) is -1.40. The molecule has 0 aliphatic rings. The fraction of sp³-hybridized carbons (Fsp3) is 0.0476. The fourth-order valence-electron chi connectivity index (χ4n) is 2.60. The Labute approximate surface area is 160 Å². The third-order valence-electron chi connectivity index (χ3n) is 3.83. The maximum Gasteiger partial charge on any atom is 0.313 e. The molecule has 0 fully saturated rings. The number of anilines is 1. The zero-order valence-electron chi connectivity index (χ0n) is 13.9. The lowest BCUT2D eigenvalue weighted by atomic mass is 9.99. The second-order valence-corrected chi connectivity index (χ2v) is 6.61. The highest BCUT2D eigenvalue weighted by molar-refractivity contribution is 9.10. The van der Waals surface area contributed by atoms with Crippen molar-refractivity contribution in [1.82, 2.24) is 5.32 Å².